The van der Waals surface area contributed by atoms with Gasteiger partial charge in [0.1, 0.15) is 11.4 Å². The van der Waals surface area contributed by atoms with Crippen LogP contribution in [0.3, 0.4) is 0 Å². The summed E-state index contributed by atoms with van der Waals surface area (Å²) in [5, 5.41) is 0. The lowest BCUT2D eigenvalue weighted by atomic mass is 10.0. The summed E-state index contributed by atoms with van der Waals surface area (Å²) in [7, 11) is 1.71. The highest BCUT2D eigenvalue weighted by Gasteiger charge is 2.51. The van der Waals surface area contributed by atoms with Gasteiger partial charge >= 0.3 is 0 Å². The highest BCUT2D eigenvalue weighted by Crippen LogP contribution is 2.40. The molecule has 2 atom stereocenters. The van der Waals surface area contributed by atoms with Gasteiger partial charge in [0, 0.05) is 0 Å². The second kappa shape index (κ2) is 9.90. The van der Waals surface area contributed by atoms with Crippen LogP contribution in [0.2, 0.25) is 0 Å². The van der Waals surface area contributed by atoms with Crippen molar-refractivity contribution in [2.75, 3.05) is 13.7 Å². The molecule has 0 unspecified atom stereocenters. The molecule has 28 heavy (non-hydrogen) atoms. The van der Waals surface area contributed by atoms with Crippen LogP contribution < -0.4 is 4.74 Å². The van der Waals surface area contributed by atoms with Crippen LogP contribution in [0.15, 0.2) is 66.2 Å². The Bertz CT molecular complexity index is 768. The van der Waals surface area contributed by atoms with Crippen LogP contribution in [0, 0.1) is 0 Å². The van der Waals surface area contributed by atoms with E-state index in [9.17, 15) is 0 Å². The molecule has 0 N–H and O–H groups in total. The predicted octanol–water partition coefficient (Wildman–Crippen LogP) is 5.73. The summed E-state index contributed by atoms with van der Waals surface area (Å²) >= 11 is 0. The Morgan fingerprint density at radius 2 is 1.89 bits per heavy atom. The van der Waals surface area contributed by atoms with E-state index in [-0.39, 0.29) is 5.60 Å². The van der Waals surface area contributed by atoms with Crippen molar-refractivity contribution in [1.29, 1.82) is 0 Å². The molecule has 1 aliphatic rings. The number of rotatable bonds is 11. The minimum Gasteiger partial charge on any atom is -0.497 e. The summed E-state index contributed by atoms with van der Waals surface area (Å²) in [5.41, 5.74) is 3.84. The average Bonchev–Trinajstić information content (AvgIpc) is 3.37. The van der Waals surface area contributed by atoms with Gasteiger partial charge in [-0.1, -0.05) is 54.1 Å². The summed E-state index contributed by atoms with van der Waals surface area (Å²) in [5.74, 6) is 0.929. The fraction of sp³-hybridized carbons (Fsp3) is 0.440. The SMILES string of the molecule is COc1cccc(CC/C=C(\C)CC[C@H]2O[C@@]2(C)COCc2ccccc2)c1. The lowest BCUT2D eigenvalue weighted by Gasteiger charge is -2.08. The molecule has 1 aliphatic heterocycles. The molecule has 0 saturated carbocycles. The zero-order valence-corrected chi connectivity index (χ0v) is 17.3. The van der Waals surface area contributed by atoms with Gasteiger partial charge in [0.2, 0.25) is 0 Å². The molecule has 2 aromatic rings. The molecule has 0 aliphatic carbocycles. The van der Waals surface area contributed by atoms with E-state index in [4.69, 9.17) is 14.2 Å². The van der Waals surface area contributed by atoms with E-state index < -0.39 is 0 Å². The van der Waals surface area contributed by atoms with E-state index >= 15 is 0 Å². The van der Waals surface area contributed by atoms with Crippen LogP contribution in [-0.2, 0) is 22.5 Å². The van der Waals surface area contributed by atoms with E-state index in [0.717, 1.165) is 31.4 Å². The molecule has 0 radical (unpaired) electrons. The van der Waals surface area contributed by atoms with E-state index in [1.807, 2.05) is 24.3 Å². The molecule has 0 aromatic heterocycles. The van der Waals surface area contributed by atoms with Crippen molar-refractivity contribution in [2.45, 2.75) is 57.8 Å². The Morgan fingerprint density at radius 3 is 2.68 bits per heavy atom. The molecular formula is C25H32O3. The average molecular weight is 381 g/mol. The maximum Gasteiger partial charge on any atom is 0.119 e. The molecule has 3 nitrogen and oxygen atoms in total. The second-order valence-corrected chi connectivity index (χ2v) is 7.88. The molecule has 3 heteroatoms. The number of allylic oxidation sites excluding steroid dienone is 2. The standard InChI is InChI=1S/C25H32O3/c1-20(9-7-12-21-13-8-14-23(17-21)26-3)15-16-24-25(2,28-24)19-27-18-22-10-5-4-6-11-22/h4-6,8-11,13-14,17,24H,7,12,15-16,18-19H2,1-3H3/b20-9+/t24-,25+/m1/s1. The first kappa shape index (κ1) is 20.6. The van der Waals surface area contributed by atoms with Gasteiger partial charge in [0.25, 0.3) is 0 Å². The fourth-order valence-electron chi connectivity index (χ4n) is 3.50. The normalized spacial score (nSPS) is 21.5. The molecule has 1 fully saturated rings. The maximum atomic E-state index is 5.93. The number of hydrogen-bond acceptors (Lipinski definition) is 3. The van der Waals surface area contributed by atoms with Crippen molar-refractivity contribution in [1.82, 2.24) is 0 Å². The van der Waals surface area contributed by atoms with Crippen molar-refractivity contribution in [2.24, 2.45) is 0 Å². The quantitative estimate of drug-likeness (QED) is 0.368. The Balaban J connectivity index is 1.33. The van der Waals surface area contributed by atoms with Gasteiger partial charge in [-0.15, -0.1) is 0 Å². The lowest BCUT2D eigenvalue weighted by Crippen LogP contribution is -2.18. The number of aryl methyl sites for hydroxylation is 1. The third-order valence-corrected chi connectivity index (χ3v) is 5.40. The molecule has 0 amide bonds. The van der Waals surface area contributed by atoms with Crippen molar-refractivity contribution < 1.29 is 14.2 Å². The molecule has 2 aromatic carbocycles. The van der Waals surface area contributed by atoms with E-state index in [0.29, 0.717) is 19.3 Å². The van der Waals surface area contributed by atoms with E-state index in [1.54, 1.807) is 7.11 Å². The Morgan fingerprint density at radius 1 is 1.11 bits per heavy atom. The monoisotopic (exact) mass is 380 g/mol. The van der Waals surface area contributed by atoms with Gasteiger partial charge in [-0.2, -0.15) is 0 Å². The van der Waals surface area contributed by atoms with Gasteiger partial charge in [0.15, 0.2) is 0 Å². The maximum absolute atomic E-state index is 5.93. The largest absolute Gasteiger partial charge is 0.497 e. The van der Waals surface area contributed by atoms with Crippen LogP contribution >= 0.6 is 0 Å². The number of benzene rings is 2. The summed E-state index contributed by atoms with van der Waals surface area (Å²) in [4.78, 5) is 0. The molecular weight excluding hydrogens is 348 g/mol. The number of ether oxygens (including phenoxy) is 3. The summed E-state index contributed by atoms with van der Waals surface area (Å²) in [6, 6.07) is 18.6. The molecule has 1 heterocycles. The molecule has 3 rings (SSSR count). The highest BCUT2D eigenvalue weighted by molar-refractivity contribution is 5.28. The Kier molecular flexibility index (Phi) is 7.30. The highest BCUT2D eigenvalue weighted by atomic mass is 16.6. The van der Waals surface area contributed by atoms with Gasteiger partial charge in [0.05, 0.1) is 26.4 Å². The number of epoxide rings is 1. The number of methoxy groups -OCH3 is 1. The zero-order valence-electron chi connectivity index (χ0n) is 17.3. The molecule has 150 valence electrons. The zero-order chi connectivity index (χ0) is 19.8. The minimum atomic E-state index is -0.115. The molecule has 1 saturated heterocycles. The van der Waals surface area contributed by atoms with Crippen LogP contribution in [0.5, 0.6) is 5.75 Å². The van der Waals surface area contributed by atoms with Crippen molar-refractivity contribution >= 4 is 0 Å². The lowest BCUT2D eigenvalue weighted by molar-refractivity contribution is 0.0742. The smallest absolute Gasteiger partial charge is 0.119 e. The third-order valence-electron chi connectivity index (χ3n) is 5.40. The topological polar surface area (TPSA) is 31.0 Å². The first-order chi connectivity index (χ1) is 13.6. The summed E-state index contributed by atoms with van der Waals surface area (Å²) in [6.07, 6.45) is 6.90. The number of hydrogen-bond donors (Lipinski definition) is 0. The van der Waals surface area contributed by atoms with Crippen molar-refractivity contribution in [3.8, 4) is 5.75 Å². The van der Waals surface area contributed by atoms with Gasteiger partial charge < -0.3 is 14.2 Å². The minimum absolute atomic E-state index is 0.115. The third kappa shape index (κ3) is 6.22. The fourth-order valence-corrected chi connectivity index (χ4v) is 3.50. The second-order valence-electron chi connectivity index (χ2n) is 7.88. The molecule has 0 bridgehead atoms. The first-order valence-electron chi connectivity index (χ1n) is 10.2. The van der Waals surface area contributed by atoms with Crippen LogP contribution in [-0.4, -0.2) is 25.4 Å². The Labute approximate surface area is 169 Å². The van der Waals surface area contributed by atoms with Gasteiger partial charge in [-0.3, -0.25) is 0 Å². The first-order valence-corrected chi connectivity index (χ1v) is 10.2. The summed E-state index contributed by atoms with van der Waals surface area (Å²) in [6.45, 7) is 5.68. The van der Waals surface area contributed by atoms with Gasteiger partial charge in [-0.05, 0) is 62.8 Å². The van der Waals surface area contributed by atoms with Crippen LogP contribution in [0.4, 0.5) is 0 Å². The van der Waals surface area contributed by atoms with Crippen LogP contribution in [0.1, 0.15) is 44.2 Å². The van der Waals surface area contributed by atoms with E-state index in [1.165, 1.54) is 16.7 Å². The molecule has 0 spiro atoms. The summed E-state index contributed by atoms with van der Waals surface area (Å²) < 4.78 is 17.1. The van der Waals surface area contributed by atoms with Crippen LogP contribution in [0.25, 0.3) is 0 Å². The Hall–Kier alpha value is -2.10. The van der Waals surface area contributed by atoms with Gasteiger partial charge in [-0.25, -0.2) is 0 Å². The van der Waals surface area contributed by atoms with Crippen molar-refractivity contribution in [3.63, 3.8) is 0 Å². The predicted molar refractivity (Wildman–Crippen MR) is 114 cm³/mol. The van der Waals surface area contributed by atoms with E-state index in [2.05, 4.69) is 50.3 Å². The van der Waals surface area contributed by atoms with Crippen molar-refractivity contribution in [3.05, 3.63) is 77.4 Å².